The first kappa shape index (κ1) is 36.3. The third-order valence-corrected chi connectivity index (χ3v) is 8.74. The van der Waals surface area contributed by atoms with Crippen LogP contribution in [0.5, 0.6) is 5.75 Å². The average molecular weight is 667 g/mol. The number of carbonyl (C=O) groups is 3. The minimum atomic E-state index is -2.07. The summed E-state index contributed by atoms with van der Waals surface area (Å²) in [4.78, 5) is 37.0. The van der Waals surface area contributed by atoms with Gasteiger partial charge in [0.1, 0.15) is 36.3 Å². The molecule has 2 fully saturated rings. The number of ether oxygens (including phenoxy) is 6. The van der Waals surface area contributed by atoms with Crippen LogP contribution in [0, 0.1) is 17.8 Å². The molecule has 1 saturated heterocycles. The van der Waals surface area contributed by atoms with Gasteiger partial charge in [0.25, 0.3) is 0 Å². The summed E-state index contributed by atoms with van der Waals surface area (Å²) < 4.78 is 33.3. The zero-order chi connectivity index (χ0) is 34.5. The first-order chi connectivity index (χ1) is 22.3. The molecule has 0 bridgehead atoms. The van der Waals surface area contributed by atoms with Gasteiger partial charge in [-0.25, -0.2) is 4.79 Å². The summed E-state index contributed by atoms with van der Waals surface area (Å²) in [6.45, 7) is 2.95. The van der Waals surface area contributed by atoms with Gasteiger partial charge in [0.2, 0.25) is 6.29 Å². The molecule has 47 heavy (non-hydrogen) atoms. The SMILES string of the molecule is CCC(C)C(=O)O[C@@H]1OC=C(CO[C@@H]2O[C@H](CO)[C@@H](O)[C@H](O)[C@H]2OC(=O)/C=C\c2ccc(O)cc2)[C@H]2C[C@H](O)[C@](O)(COC(C)=O)[C@@H]12. The number of phenolic OH excluding ortho intramolecular Hbond substituents is 1. The Labute approximate surface area is 270 Å². The maximum absolute atomic E-state index is 12.7. The Balaban J connectivity index is 1.54. The van der Waals surface area contributed by atoms with E-state index in [0.717, 1.165) is 13.0 Å². The van der Waals surface area contributed by atoms with Crippen molar-refractivity contribution >= 4 is 24.0 Å². The van der Waals surface area contributed by atoms with Gasteiger partial charge in [0.15, 0.2) is 12.4 Å². The number of benzene rings is 1. The molecule has 6 N–H and O–H groups in total. The van der Waals surface area contributed by atoms with Gasteiger partial charge >= 0.3 is 17.9 Å². The van der Waals surface area contributed by atoms with E-state index in [1.165, 1.54) is 24.5 Å². The van der Waals surface area contributed by atoms with Crippen molar-refractivity contribution in [3.63, 3.8) is 0 Å². The lowest BCUT2D eigenvalue weighted by Gasteiger charge is -2.42. The van der Waals surface area contributed by atoms with E-state index in [1.807, 2.05) is 0 Å². The molecule has 15 nitrogen and oxygen atoms in total. The minimum absolute atomic E-state index is 0.0354. The Hall–Kier alpha value is -3.57. The number of phenols is 1. The van der Waals surface area contributed by atoms with Crippen LogP contribution in [-0.2, 0) is 42.8 Å². The average Bonchev–Trinajstić information content (AvgIpc) is 3.32. The number of rotatable bonds is 12. The van der Waals surface area contributed by atoms with Crippen molar-refractivity contribution in [2.75, 3.05) is 19.8 Å². The Morgan fingerprint density at radius 1 is 1.09 bits per heavy atom. The molecule has 0 aromatic heterocycles. The molecule has 11 atom stereocenters. The summed E-state index contributed by atoms with van der Waals surface area (Å²) in [5, 5.41) is 63.0. The van der Waals surface area contributed by atoms with E-state index >= 15 is 0 Å². The number of hydrogen-bond acceptors (Lipinski definition) is 15. The Bertz CT molecular complexity index is 1310. The van der Waals surface area contributed by atoms with Gasteiger partial charge in [-0.2, -0.15) is 0 Å². The fourth-order valence-electron chi connectivity index (χ4n) is 5.76. The highest BCUT2D eigenvalue weighted by molar-refractivity contribution is 5.87. The highest BCUT2D eigenvalue weighted by Gasteiger charge is 2.61. The zero-order valence-electron chi connectivity index (χ0n) is 26.2. The van der Waals surface area contributed by atoms with Crippen molar-refractivity contribution in [2.45, 2.75) is 82.3 Å². The van der Waals surface area contributed by atoms with E-state index in [9.17, 15) is 45.0 Å². The number of carbonyl (C=O) groups excluding carboxylic acids is 3. The standard InChI is InChI=1S/C32H42O15/c1-4-16(2)29(40)47-30-25-21(11-23(36)32(25,41)15-44-17(3)34)19(13-42-30)14-43-31-28(27(39)26(38)22(12-33)45-31)46-24(37)10-7-18-5-8-20(35)9-6-18/h5-10,13,16,21-23,25-28,30-31,33,35-36,38-39,41H,4,11-12,14-15H2,1-3H3/b10-7-/t16?,21-,22-,23+,25-,26-,27+,28-,30+,31-,32-/m1/s1. The number of fused-ring (bicyclic) bond motifs is 1. The maximum atomic E-state index is 12.7. The molecule has 0 spiro atoms. The molecule has 0 amide bonds. The maximum Gasteiger partial charge on any atom is 0.331 e. The first-order valence-electron chi connectivity index (χ1n) is 15.3. The smallest absolute Gasteiger partial charge is 0.331 e. The van der Waals surface area contributed by atoms with E-state index in [0.29, 0.717) is 17.6 Å². The minimum Gasteiger partial charge on any atom is -0.508 e. The first-order valence-corrected chi connectivity index (χ1v) is 15.3. The van der Waals surface area contributed by atoms with Crippen molar-refractivity contribution in [1.29, 1.82) is 0 Å². The van der Waals surface area contributed by atoms with E-state index in [-0.39, 0.29) is 18.8 Å². The lowest BCUT2D eigenvalue weighted by molar-refractivity contribution is -0.302. The molecule has 260 valence electrons. The normalized spacial score (nSPS) is 34.1. The number of hydrogen-bond donors (Lipinski definition) is 6. The van der Waals surface area contributed by atoms with Crippen LogP contribution in [0.25, 0.3) is 6.08 Å². The van der Waals surface area contributed by atoms with Crippen LogP contribution >= 0.6 is 0 Å². The van der Waals surface area contributed by atoms with Crippen LogP contribution in [0.15, 0.2) is 42.2 Å². The predicted molar refractivity (Wildman–Crippen MR) is 158 cm³/mol. The summed E-state index contributed by atoms with van der Waals surface area (Å²) >= 11 is 0. The highest BCUT2D eigenvalue weighted by Crippen LogP contribution is 2.50. The molecule has 1 saturated carbocycles. The molecule has 4 rings (SSSR count). The van der Waals surface area contributed by atoms with E-state index in [2.05, 4.69) is 0 Å². The van der Waals surface area contributed by atoms with Gasteiger partial charge in [0.05, 0.1) is 37.4 Å². The molecule has 3 aliphatic rings. The summed E-state index contributed by atoms with van der Waals surface area (Å²) in [6, 6.07) is 5.95. The Kier molecular flexibility index (Phi) is 12.0. The van der Waals surface area contributed by atoms with E-state index in [1.54, 1.807) is 26.0 Å². The van der Waals surface area contributed by atoms with Crippen molar-refractivity contribution in [1.82, 2.24) is 0 Å². The largest absolute Gasteiger partial charge is 0.508 e. The van der Waals surface area contributed by atoms with E-state index < -0.39 is 97.6 Å². The van der Waals surface area contributed by atoms with Crippen LogP contribution in [0.3, 0.4) is 0 Å². The highest BCUT2D eigenvalue weighted by atomic mass is 16.7. The second kappa shape index (κ2) is 15.6. The topological polar surface area (TPSA) is 228 Å². The lowest BCUT2D eigenvalue weighted by Crippen LogP contribution is -2.60. The van der Waals surface area contributed by atoms with Gasteiger partial charge in [-0.1, -0.05) is 26.0 Å². The Morgan fingerprint density at radius 3 is 2.43 bits per heavy atom. The summed E-state index contributed by atoms with van der Waals surface area (Å²) in [6.07, 6.45) is -6.39. The molecule has 1 aromatic carbocycles. The van der Waals surface area contributed by atoms with Crippen molar-refractivity contribution < 1.29 is 73.4 Å². The second-order valence-corrected chi connectivity index (χ2v) is 11.9. The number of esters is 3. The molecule has 15 heteroatoms. The van der Waals surface area contributed by atoms with Crippen LogP contribution in [0.4, 0.5) is 0 Å². The summed E-state index contributed by atoms with van der Waals surface area (Å²) in [5.74, 6) is -4.50. The van der Waals surface area contributed by atoms with Gasteiger partial charge in [-0.05, 0) is 42.2 Å². The predicted octanol–water partition coefficient (Wildman–Crippen LogP) is -0.106. The quantitative estimate of drug-likeness (QED) is 0.0972. The number of aliphatic hydroxyl groups is 5. The van der Waals surface area contributed by atoms with Gasteiger partial charge in [-0.15, -0.1) is 0 Å². The summed E-state index contributed by atoms with van der Waals surface area (Å²) in [7, 11) is 0. The van der Waals surface area contributed by atoms with Crippen molar-refractivity contribution in [3.05, 3.63) is 47.7 Å². The fraction of sp³-hybridized carbons (Fsp3) is 0.594. The molecule has 2 heterocycles. The zero-order valence-corrected chi connectivity index (χ0v) is 26.2. The monoisotopic (exact) mass is 666 g/mol. The van der Waals surface area contributed by atoms with Crippen LogP contribution < -0.4 is 0 Å². The summed E-state index contributed by atoms with van der Waals surface area (Å²) in [5.41, 5.74) is -1.15. The van der Waals surface area contributed by atoms with Gasteiger partial charge < -0.3 is 59.1 Å². The van der Waals surface area contributed by atoms with Crippen molar-refractivity contribution in [2.24, 2.45) is 17.8 Å². The molecule has 1 aliphatic carbocycles. The van der Waals surface area contributed by atoms with Crippen LogP contribution in [0.2, 0.25) is 0 Å². The molecular weight excluding hydrogens is 624 g/mol. The molecule has 0 radical (unpaired) electrons. The lowest BCUT2D eigenvalue weighted by atomic mass is 9.80. The van der Waals surface area contributed by atoms with Crippen LogP contribution in [-0.4, -0.2) is 117 Å². The molecule has 1 unspecified atom stereocenters. The van der Waals surface area contributed by atoms with Gasteiger partial charge in [0, 0.05) is 18.9 Å². The third kappa shape index (κ3) is 8.30. The van der Waals surface area contributed by atoms with Gasteiger partial charge in [-0.3, -0.25) is 9.59 Å². The molecule has 2 aliphatic heterocycles. The second-order valence-electron chi connectivity index (χ2n) is 11.9. The fourth-order valence-corrected chi connectivity index (χ4v) is 5.76. The third-order valence-electron chi connectivity index (χ3n) is 8.74. The van der Waals surface area contributed by atoms with Crippen LogP contribution in [0.1, 0.15) is 39.2 Å². The Morgan fingerprint density at radius 2 is 1.79 bits per heavy atom. The number of aliphatic hydroxyl groups excluding tert-OH is 4. The number of aromatic hydroxyl groups is 1. The van der Waals surface area contributed by atoms with Crippen molar-refractivity contribution in [3.8, 4) is 5.75 Å². The molecule has 1 aromatic rings. The molecular formula is C32H42O15. The van der Waals surface area contributed by atoms with E-state index in [4.69, 9.17) is 28.4 Å².